The normalized spacial score (nSPS) is 17.0. The smallest absolute Gasteiger partial charge is 0.254 e. The van der Waals surface area contributed by atoms with Gasteiger partial charge in [-0.3, -0.25) is 9.48 Å². The molecule has 1 atom stereocenters. The molecule has 1 amide bonds. The highest BCUT2D eigenvalue weighted by atomic mass is 32.1. The summed E-state index contributed by atoms with van der Waals surface area (Å²) >= 11 is 1.53. The second-order valence-corrected chi connectivity index (χ2v) is 8.04. The van der Waals surface area contributed by atoms with E-state index in [9.17, 15) is 9.90 Å². The first-order valence-corrected chi connectivity index (χ1v) is 9.41. The minimum atomic E-state index is -1.07. The van der Waals surface area contributed by atoms with Crippen molar-refractivity contribution in [2.24, 2.45) is 5.92 Å². The quantitative estimate of drug-likeness (QED) is 0.809. The van der Waals surface area contributed by atoms with E-state index in [2.05, 4.69) is 24.3 Å². The second kappa shape index (κ2) is 6.69. The first-order chi connectivity index (χ1) is 11.4. The molecule has 130 valence electrons. The minimum Gasteiger partial charge on any atom is -0.384 e. The fourth-order valence-corrected chi connectivity index (χ4v) is 3.65. The molecule has 0 saturated heterocycles. The van der Waals surface area contributed by atoms with Gasteiger partial charge in [0.25, 0.3) is 5.91 Å². The van der Waals surface area contributed by atoms with Gasteiger partial charge in [-0.2, -0.15) is 16.4 Å². The van der Waals surface area contributed by atoms with E-state index in [1.165, 1.54) is 11.3 Å². The monoisotopic (exact) mass is 347 g/mol. The van der Waals surface area contributed by atoms with Gasteiger partial charge in [0.1, 0.15) is 5.60 Å². The second-order valence-electron chi connectivity index (χ2n) is 7.26. The van der Waals surface area contributed by atoms with Crippen molar-refractivity contribution in [3.63, 3.8) is 0 Å². The van der Waals surface area contributed by atoms with Crippen LogP contribution in [0.4, 0.5) is 0 Å². The van der Waals surface area contributed by atoms with Crippen molar-refractivity contribution in [2.75, 3.05) is 6.54 Å². The number of carbonyl (C=O) groups excluding carboxylic acids is 1. The lowest BCUT2D eigenvalue weighted by Gasteiger charge is -2.22. The zero-order valence-electron chi connectivity index (χ0n) is 14.5. The molecule has 1 aliphatic carbocycles. The van der Waals surface area contributed by atoms with Gasteiger partial charge in [-0.25, -0.2) is 0 Å². The van der Waals surface area contributed by atoms with Crippen LogP contribution in [0, 0.1) is 5.92 Å². The van der Waals surface area contributed by atoms with Crippen LogP contribution in [0.25, 0.3) is 0 Å². The summed E-state index contributed by atoms with van der Waals surface area (Å²) in [6, 6.07) is 1.88. The molecule has 5 nitrogen and oxygen atoms in total. The predicted octanol–water partition coefficient (Wildman–Crippen LogP) is 3.12. The Bertz CT molecular complexity index is 700. The standard InChI is InChI=1S/C18H25N3O2S/c1-12(2)9-21-16(13-4-5-13)15(8-20-21)17(22)19-11-18(3,23)14-6-7-24-10-14/h6-8,10,12-13,23H,4-5,9,11H2,1-3H3,(H,19,22). The molecular weight excluding hydrogens is 322 g/mol. The van der Waals surface area contributed by atoms with E-state index in [0.29, 0.717) is 17.4 Å². The molecule has 1 aliphatic rings. The molecule has 0 bridgehead atoms. The highest BCUT2D eigenvalue weighted by Gasteiger charge is 2.33. The van der Waals surface area contributed by atoms with Crippen LogP contribution in [0.1, 0.15) is 61.1 Å². The number of rotatable bonds is 7. The molecule has 2 aromatic heterocycles. The van der Waals surface area contributed by atoms with Gasteiger partial charge < -0.3 is 10.4 Å². The molecule has 2 aromatic rings. The summed E-state index contributed by atoms with van der Waals surface area (Å²) in [6.07, 6.45) is 3.91. The van der Waals surface area contributed by atoms with Crippen molar-refractivity contribution in [3.05, 3.63) is 39.8 Å². The van der Waals surface area contributed by atoms with Crippen LogP contribution in [0.2, 0.25) is 0 Å². The van der Waals surface area contributed by atoms with Crippen molar-refractivity contribution in [1.82, 2.24) is 15.1 Å². The summed E-state index contributed by atoms with van der Waals surface area (Å²) in [6.45, 7) is 7.03. The minimum absolute atomic E-state index is 0.151. The van der Waals surface area contributed by atoms with Crippen LogP contribution in [0.5, 0.6) is 0 Å². The summed E-state index contributed by atoms with van der Waals surface area (Å²) in [5.41, 5.74) is 1.46. The maximum atomic E-state index is 12.6. The molecule has 0 aliphatic heterocycles. The SMILES string of the molecule is CC(C)Cn1ncc(C(=O)NCC(C)(O)c2ccsc2)c1C1CC1. The van der Waals surface area contributed by atoms with Gasteiger partial charge in [-0.1, -0.05) is 13.8 Å². The van der Waals surface area contributed by atoms with Gasteiger partial charge in [0.15, 0.2) is 0 Å². The maximum absolute atomic E-state index is 12.6. The Morgan fingerprint density at radius 1 is 1.54 bits per heavy atom. The fraction of sp³-hybridized carbons (Fsp3) is 0.556. The van der Waals surface area contributed by atoms with Gasteiger partial charge >= 0.3 is 0 Å². The Hall–Kier alpha value is -1.66. The molecule has 0 aromatic carbocycles. The van der Waals surface area contributed by atoms with Crippen LogP contribution in [0.15, 0.2) is 23.0 Å². The van der Waals surface area contributed by atoms with Crippen molar-refractivity contribution >= 4 is 17.2 Å². The molecule has 3 rings (SSSR count). The van der Waals surface area contributed by atoms with E-state index < -0.39 is 5.60 Å². The van der Waals surface area contributed by atoms with Crippen LogP contribution >= 0.6 is 11.3 Å². The van der Waals surface area contributed by atoms with E-state index in [0.717, 1.165) is 30.6 Å². The molecule has 2 heterocycles. The van der Waals surface area contributed by atoms with Crippen molar-refractivity contribution in [1.29, 1.82) is 0 Å². The molecule has 1 unspecified atom stereocenters. The summed E-state index contributed by atoms with van der Waals surface area (Å²) in [4.78, 5) is 12.6. The Morgan fingerprint density at radius 2 is 2.29 bits per heavy atom. The van der Waals surface area contributed by atoms with Gasteiger partial charge in [0, 0.05) is 12.5 Å². The number of hydrogen-bond acceptors (Lipinski definition) is 4. The van der Waals surface area contributed by atoms with Crippen molar-refractivity contribution in [3.8, 4) is 0 Å². The van der Waals surface area contributed by atoms with E-state index in [1.807, 2.05) is 21.5 Å². The third kappa shape index (κ3) is 3.70. The van der Waals surface area contributed by atoms with Crippen LogP contribution in [0.3, 0.4) is 0 Å². The van der Waals surface area contributed by atoms with Gasteiger partial charge in [0.05, 0.1) is 24.0 Å². The number of carbonyl (C=O) groups is 1. The first kappa shape index (κ1) is 17.2. The number of nitrogens with one attached hydrogen (secondary N) is 1. The number of amides is 1. The van der Waals surface area contributed by atoms with Crippen LogP contribution in [-0.2, 0) is 12.1 Å². The number of aromatic nitrogens is 2. The zero-order chi connectivity index (χ0) is 17.3. The molecule has 24 heavy (non-hydrogen) atoms. The van der Waals surface area contributed by atoms with Gasteiger partial charge in [0.2, 0.25) is 0 Å². The highest BCUT2D eigenvalue weighted by Crippen LogP contribution is 2.41. The lowest BCUT2D eigenvalue weighted by atomic mass is 9.99. The average molecular weight is 347 g/mol. The molecule has 0 spiro atoms. The fourth-order valence-electron chi connectivity index (χ4n) is 2.87. The lowest BCUT2D eigenvalue weighted by molar-refractivity contribution is 0.0529. The Labute approximate surface area is 146 Å². The Balaban J connectivity index is 1.72. The van der Waals surface area contributed by atoms with E-state index >= 15 is 0 Å². The van der Waals surface area contributed by atoms with Crippen LogP contribution in [-0.4, -0.2) is 27.3 Å². The lowest BCUT2D eigenvalue weighted by Crippen LogP contribution is -2.38. The van der Waals surface area contributed by atoms with Crippen LogP contribution < -0.4 is 5.32 Å². The van der Waals surface area contributed by atoms with E-state index in [1.54, 1.807) is 13.1 Å². The van der Waals surface area contributed by atoms with Crippen molar-refractivity contribution < 1.29 is 9.90 Å². The zero-order valence-corrected chi connectivity index (χ0v) is 15.3. The van der Waals surface area contributed by atoms with Gasteiger partial charge in [-0.05, 0) is 48.1 Å². The summed E-state index contributed by atoms with van der Waals surface area (Å²) in [7, 11) is 0. The molecule has 1 saturated carbocycles. The number of aliphatic hydroxyl groups is 1. The Morgan fingerprint density at radius 3 is 2.88 bits per heavy atom. The summed E-state index contributed by atoms with van der Waals surface area (Å²) < 4.78 is 1.98. The number of hydrogen-bond donors (Lipinski definition) is 2. The van der Waals surface area contributed by atoms with Crippen molar-refractivity contribution in [2.45, 2.75) is 51.7 Å². The highest BCUT2D eigenvalue weighted by molar-refractivity contribution is 7.08. The summed E-state index contributed by atoms with van der Waals surface area (Å²) in [5, 5.41) is 21.7. The topological polar surface area (TPSA) is 67.2 Å². The number of nitrogens with zero attached hydrogens (tertiary/aromatic N) is 2. The molecule has 1 fully saturated rings. The van der Waals surface area contributed by atoms with E-state index in [4.69, 9.17) is 0 Å². The molecule has 0 radical (unpaired) electrons. The molecular formula is C18H25N3O2S. The number of thiophene rings is 1. The third-order valence-corrected chi connectivity index (χ3v) is 5.05. The summed E-state index contributed by atoms with van der Waals surface area (Å²) in [5.74, 6) is 0.782. The Kier molecular flexibility index (Phi) is 4.78. The average Bonchev–Trinajstić information content (AvgIpc) is 3.03. The third-order valence-electron chi connectivity index (χ3n) is 4.36. The first-order valence-electron chi connectivity index (χ1n) is 8.47. The largest absolute Gasteiger partial charge is 0.384 e. The maximum Gasteiger partial charge on any atom is 0.254 e. The molecule has 6 heteroatoms. The van der Waals surface area contributed by atoms with Gasteiger partial charge in [-0.15, -0.1) is 0 Å². The van der Waals surface area contributed by atoms with E-state index in [-0.39, 0.29) is 12.5 Å². The predicted molar refractivity (Wildman–Crippen MR) is 95.3 cm³/mol. The molecule has 2 N–H and O–H groups in total.